The maximum absolute atomic E-state index is 9.56. The lowest BCUT2D eigenvalue weighted by atomic mass is 10.0. The van der Waals surface area contributed by atoms with Crippen LogP contribution in [0.2, 0.25) is 0 Å². The molecule has 0 aliphatic rings. The van der Waals surface area contributed by atoms with E-state index >= 15 is 0 Å². The lowest BCUT2D eigenvalue weighted by Gasteiger charge is -2.21. The number of methoxy groups -OCH3 is 1. The molecule has 2 rings (SSSR count). The number of rotatable bonds is 6. The molecule has 0 saturated heterocycles. The fraction of sp³-hybridized carbons (Fsp3) is 0.333. The van der Waals surface area contributed by atoms with Crippen molar-refractivity contribution in [2.75, 3.05) is 7.11 Å². The molecule has 0 bridgehead atoms. The minimum Gasteiger partial charge on any atom is -0.508 e. The lowest BCUT2D eigenvalue weighted by Crippen LogP contribution is -2.30. The van der Waals surface area contributed by atoms with Crippen molar-refractivity contribution in [1.29, 1.82) is 0 Å². The summed E-state index contributed by atoms with van der Waals surface area (Å²) in [6.07, 6.45) is 0.896. The highest BCUT2D eigenvalue weighted by molar-refractivity contribution is 5.34. The zero-order valence-corrected chi connectivity index (χ0v) is 12.8. The summed E-state index contributed by atoms with van der Waals surface area (Å²) in [6, 6.07) is 16.0. The van der Waals surface area contributed by atoms with Crippen LogP contribution in [-0.4, -0.2) is 18.3 Å². The van der Waals surface area contributed by atoms with Gasteiger partial charge < -0.3 is 15.2 Å². The molecule has 3 heteroatoms. The molecule has 0 heterocycles. The smallest absolute Gasteiger partial charge is 0.122 e. The monoisotopic (exact) mass is 285 g/mol. The summed E-state index contributed by atoms with van der Waals surface area (Å²) in [7, 11) is 1.70. The molecule has 112 valence electrons. The average molecular weight is 285 g/mol. The number of phenols is 1. The average Bonchev–Trinajstić information content (AvgIpc) is 2.47. The van der Waals surface area contributed by atoms with Gasteiger partial charge in [-0.25, -0.2) is 0 Å². The van der Waals surface area contributed by atoms with Crippen LogP contribution in [0.1, 0.15) is 31.0 Å². The molecule has 0 fully saturated rings. The summed E-state index contributed by atoms with van der Waals surface area (Å²) in [5.74, 6) is 1.23. The molecule has 0 aromatic heterocycles. The molecule has 2 N–H and O–H groups in total. The van der Waals surface area contributed by atoms with Gasteiger partial charge in [0.2, 0.25) is 0 Å². The van der Waals surface area contributed by atoms with Crippen LogP contribution < -0.4 is 10.1 Å². The lowest BCUT2D eigenvalue weighted by molar-refractivity contribution is 0.403. The highest BCUT2D eigenvalue weighted by Gasteiger charge is 2.12. The van der Waals surface area contributed by atoms with Gasteiger partial charge in [-0.2, -0.15) is 0 Å². The molecule has 0 spiro atoms. The van der Waals surface area contributed by atoms with Crippen LogP contribution >= 0.6 is 0 Å². The fourth-order valence-electron chi connectivity index (χ4n) is 2.58. The van der Waals surface area contributed by atoms with Gasteiger partial charge in [-0.3, -0.25) is 0 Å². The van der Waals surface area contributed by atoms with Gasteiger partial charge in [0.25, 0.3) is 0 Å². The van der Waals surface area contributed by atoms with Gasteiger partial charge in [-0.15, -0.1) is 0 Å². The van der Waals surface area contributed by atoms with E-state index in [0.29, 0.717) is 11.8 Å². The predicted octanol–water partition coefficient (Wildman–Crippen LogP) is 3.68. The van der Waals surface area contributed by atoms with E-state index in [0.717, 1.165) is 17.7 Å². The Morgan fingerprint density at radius 3 is 2.57 bits per heavy atom. The molecule has 0 radical (unpaired) electrons. The molecule has 2 aromatic carbocycles. The third-order valence-corrected chi connectivity index (χ3v) is 3.62. The van der Waals surface area contributed by atoms with Crippen molar-refractivity contribution < 1.29 is 9.84 Å². The van der Waals surface area contributed by atoms with Gasteiger partial charge in [0.05, 0.1) is 7.11 Å². The first kappa shape index (κ1) is 15.4. The summed E-state index contributed by atoms with van der Waals surface area (Å²) >= 11 is 0. The second kappa shape index (κ2) is 7.14. The Kier molecular flexibility index (Phi) is 5.23. The molecule has 0 aliphatic carbocycles. The number of phenolic OH excluding ortho intramolecular Hbond substituents is 1. The molecule has 2 atom stereocenters. The van der Waals surface area contributed by atoms with Gasteiger partial charge >= 0.3 is 0 Å². The van der Waals surface area contributed by atoms with E-state index in [4.69, 9.17) is 4.74 Å². The Bertz CT molecular complexity index is 583. The topological polar surface area (TPSA) is 41.5 Å². The molecular formula is C18H23NO2. The van der Waals surface area contributed by atoms with Crippen molar-refractivity contribution in [3.8, 4) is 11.5 Å². The minimum atomic E-state index is 0.182. The summed E-state index contributed by atoms with van der Waals surface area (Å²) in [4.78, 5) is 0. The first-order chi connectivity index (χ1) is 10.1. The van der Waals surface area contributed by atoms with Crippen LogP contribution in [-0.2, 0) is 6.42 Å². The summed E-state index contributed by atoms with van der Waals surface area (Å²) in [6.45, 7) is 4.26. The maximum atomic E-state index is 9.56. The first-order valence-corrected chi connectivity index (χ1v) is 7.27. The van der Waals surface area contributed by atoms with Crippen molar-refractivity contribution in [1.82, 2.24) is 5.32 Å². The van der Waals surface area contributed by atoms with Crippen LogP contribution in [0.5, 0.6) is 11.5 Å². The number of hydrogen-bond donors (Lipinski definition) is 2. The zero-order valence-electron chi connectivity index (χ0n) is 12.8. The van der Waals surface area contributed by atoms with E-state index in [1.165, 1.54) is 5.56 Å². The number of ether oxygens (including phenoxy) is 1. The molecule has 2 unspecified atom stereocenters. The number of aromatic hydroxyl groups is 1. The fourth-order valence-corrected chi connectivity index (χ4v) is 2.58. The van der Waals surface area contributed by atoms with Gasteiger partial charge in [0.1, 0.15) is 11.5 Å². The second-order valence-corrected chi connectivity index (χ2v) is 5.40. The Morgan fingerprint density at radius 1 is 1.10 bits per heavy atom. The van der Waals surface area contributed by atoms with Crippen molar-refractivity contribution in [2.24, 2.45) is 0 Å². The summed E-state index contributed by atoms with van der Waals surface area (Å²) in [5, 5.41) is 13.1. The molecule has 0 saturated carbocycles. The number of hydrogen-bond acceptors (Lipinski definition) is 3. The minimum absolute atomic E-state index is 0.182. The summed E-state index contributed by atoms with van der Waals surface area (Å²) < 4.78 is 5.39. The maximum Gasteiger partial charge on any atom is 0.122 e. The molecule has 3 nitrogen and oxygen atoms in total. The predicted molar refractivity (Wildman–Crippen MR) is 85.8 cm³/mol. The van der Waals surface area contributed by atoms with Crippen molar-refractivity contribution in [3.05, 3.63) is 59.7 Å². The number of benzene rings is 2. The number of nitrogens with one attached hydrogen (secondary N) is 1. The molecular weight excluding hydrogens is 262 g/mol. The Balaban J connectivity index is 1.99. The zero-order chi connectivity index (χ0) is 15.2. The Labute approximate surface area is 126 Å². The van der Waals surface area contributed by atoms with E-state index in [1.807, 2.05) is 30.3 Å². The SMILES string of the molecule is COc1ccccc1CC(C)NC(C)c1cccc(O)c1. The summed E-state index contributed by atoms with van der Waals surface area (Å²) in [5.41, 5.74) is 2.28. The van der Waals surface area contributed by atoms with E-state index in [2.05, 4.69) is 25.2 Å². The van der Waals surface area contributed by atoms with E-state index in [-0.39, 0.29) is 6.04 Å². The van der Waals surface area contributed by atoms with Gasteiger partial charge in [0, 0.05) is 12.1 Å². The van der Waals surface area contributed by atoms with Crippen LogP contribution in [0, 0.1) is 0 Å². The van der Waals surface area contributed by atoms with Crippen molar-refractivity contribution in [2.45, 2.75) is 32.4 Å². The largest absolute Gasteiger partial charge is 0.508 e. The van der Waals surface area contributed by atoms with E-state index in [1.54, 1.807) is 19.2 Å². The second-order valence-electron chi connectivity index (χ2n) is 5.40. The normalized spacial score (nSPS) is 13.7. The van der Waals surface area contributed by atoms with Gasteiger partial charge in [0.15, 0.2) is 0 Å². The quantitative estimate of drug-likeness (QED) is 0.850. The van der Waals surface area contributed by atoms with E-state index < -0.39 is 0 Å². The van der Waals surface area contributed by atoms with Crippen molar-refractivity contribution >= 4 is 0 Å². The highest BCUT2D eigenvalue weighted by atomic mass is 16.5. The Hall–Kier alpha value is -2.00. The molecule has 0 aliphatic heterocycles. The van der Waals surface area contributed by atoms with Crippen molar-refractivity contribution in [3.63, 3.8) is 0 Å². The first-order valence-electron chi connectivity index (χ1n) is 7.27. The van der Waals surface area contributed by atoms with Crippen LogP contribution in [0.3, 0.4) is 0 Å². The standard InChI is InChI=1S/C18H23NO2/c1-13(11-16-7-4-5-10-18(16)21-3)19-14(2)15-8-6-9-17(20)12-15/h4-10,12-14,19-20H,11H2,1-3H3. The molecule has 2 aromatic rings. The molecule has 0 amide bonds. The Morgan fingerprint density at radius 2 is 1.86 bits per heavy atom. The highest BCUT2D eigenvalue weighted by Crippen LogP contribution is 2.21. The number of para-hydroxylation sites is 1. The third-order valence-electron chi connectivity index (χ3n) is 3.62. The van der Waals surface area contributed by atoms with Crippen LogP contribution in [0.15, 0.2) is 48.5 Å². The van der Waals surface area contributed by atoms with Crippen LogP contribution in [0.4, 0.5) is 0 Å². The van der Waals surface area contributed by atoms with Gasteiger partial charge in [-0.1, -0.05) is 30.3 Å². The third kappa shape index (κ3) is 4.23. The van der Waals surface area contributed by atoms with Crippen LogP contribution in [0.25, 0.3) is 0 Å². The van der Waals surface area contributed by atoms with E-state index in [9.17, 15) is 5.11 Å². The molecule has 21 heavy (non-hydrogen) atoms. The van der Waals surface area contributed by atoms with Gasteiger partial charge in [-0.05, 0) is 49.6 Å².